The summed E-state index contributed by atoms with van der Waals surface area (Å²) in [5.74, 6) is 0.218. The molecule has 2 heterocycles. The maximum Gasteiger partial charge on any atom is 0.342 e. The van der Waals surface area contributed by atoms with E-state index >= 15 is 0 Å². The lowest BCUT2D eigenvalue weighted by molar-refractivity contribution is 0.419. The molecular formula is C9H10ClN5O. The molecule has 0 aliphatic rings. The molecule has 2 aromatic rings. The topological polar surface area (TPSA) is 65.7 Å². The number of rotatable bonds is 2. The molecule has 0 aliphatic heterocycles. The Hall–Kier alpha value is -1.69. The van der Waals surface area contributed by atoms with E-state index in [2.05, 4.69) is 20.1 Å². The molecule has 0 unspecified atom stereocenters. The van der Waals surface area contributed by atoms with E-state index in [4.69, 9.17) is 16.3 Å². The van der Waals surface area contributed by atoms with Crippen LogP contribution in [0.15, 0.2) is 6.33 Å². The highest BCUT2D eigenvalue weighted by molar-refractivity contribution is 6.30. The average Bonchev–Trinajstić information content (AvgIpc) is 2.60. The Kier molecular flexibility index (Phi) is 2.74. The molecule has 0 saturated heterocycles. The second kappa shape index (κ2) is 4.05. The number of hydrogen-bond donors (Lipinski definition) is 0. The lowest BCUT2D eigenvalue weighted by atomic mass is 10.3. The van der Waals surface area contributed by atoms with Crippen LogP contribution in [0.4, 0.5) is 0 Å². The number of ether oxygens (including phenoxy) is 1. The molecule has 0 spiro atoms. The van der Waals surface area contributed by atoms with Crippen molar-refractivity contribution in [2.75, 3.05) is 0 Å². The molecule has 0 atom stereocenters. The summed E-state index contributed by atoms with van der Waals surface area (Å²) in [5, 5.41) is 4.16. The van der Waals surface area contributed by atoms with Crippen LogP contribution in [0.2, 0.25) is 5.15 Å². The molecule has 2 aromatic heterocycles. The number of hydrogen-bond acceptors (Lipinski definition) is 5. The zero-order chi connectivity index (χ0) is 11.7. The van der Waals surface area contributed by atoms with E-state index in [0.29, 0.717) is 0 Å². The molecule has 16 heavy (non-hydrogen) atoms. The molecule has 7 heteroatoms. The van der Waals surface area contributed by atoms with E-state index < -0.39 is 0 Å². The maximum atomic E-state index is 5.90. The van der Waals surface area contributed by atoms with E-state index in [0.717, 1.165) is 11.4 Å². The van der Waals surface area contributed by atoms with Crippen molar-refractivity contribution < 1.29 is 4.74 Å². The second-order valence-electron chi connectivity index (χ2n) is 3.29. The molecule has 2 rings (SSSR count). The number of nitrogens with zero attached hydrogens (tertiary/aromatic N) is 5. The van der Waals surface area contributed by atoms with Crippen molar-refractivity contribution in [3.63, 3.8) is 0 Å². The van der Waals surface area contributed by atoms with Gasteiger partial charge in [-0.2, -0.15) is 4.98 Å². The van der Waals surface area contributed by atoms with E-state index in [1.165, 1.54) is 11.0 Å². The predicted octanol–water partition coefficient (Wildman–Crippen LogP) is 1.67. The molecule has 0 radical (unpaired) electrons. The van der Waals surface area contributed by atoms with Gasteiger partial charge in [0.05, 0.1) is 11.4 Å². The van der Waals surface area contributed by atoms with Crippen LogP contribution < -0.4 is 4.74 Å². The van der Waals surface area contributed by atoms with Crippen molar-refractivity contribution in [1.29, 1.82) is 0 Å². The highest BCUT2D eigenvalue weighted by Gasteiger charge is 2.11. The van der Waals surface area contributed by atoms with E-state index in [9.17, 15) is 0 Å². The predicted molar refractivity (Wildman–Crippen MR) is 57.6 cm³/mol. The summed E-state index contributed by atoms with van der Waals surface area (Å²) in [5.41, 5.74) is 1.53. The third-order valence-electron chi connectivity index (χ3n) is 2.00. The molecule has 0 aliphatic carbocycles. The molecule has 0 aromatic carbocycles. The number of aryl methyl sites for hydroxylation is 3. The number of aromatic nitrogens is 5. The molecule has 0 saturated carbocycles. The van der Waals surface area contributed by atoms with E-state index in [1.54, 1.807) is 7.05 Å². The minimum atomic E-state index is 0.196. The Balaban J connectivity index is 2.31. The van der Waals surface area contributed by atoms with Crippen LogP contribution in [-0.4, -0.2) is 24.7 Å². The average molecular weight is 240 g/mol. The maximum absolute atomic E-state index is 5.90. The largest absolute Gasteiger partial charge is 0.401 e. The van der Waals surface area contributed by atoms with Crippen molar-refractivity contribution >= 4 is 11.6 Å². The van der Waals surface area contributed by atoms with Gasteiger partial charge in [-0.25, -0.2) is 9.97 Å². The zero-order valence-corrected chi connectivity index (χ0v) is 9.86. The van der Waals surface area contributed by atoms with Gasteiger partial charge in [-0.3, -0.25) is 4.68 Å². The lowest BCUT2D eigenvalue weighted by Gasteiger charge is -2.04. The van der Waals surface area contributed by atoms with E-state index in [1.807, 2.05) is 13.8 Å². The van der Waals surface area contributed by atoms with Crippen LogP contribution in [0.1, 0.15) is 11.4 Å². The fraction of sp³-hybridized carbons (Fsp3) is 0.333. The standard InChI is InChI=1S/C9H10ClN5O/c1-5-6(2)13-8(7(10)12-5)16-9-11-4-15(3)14-9/h4H,1-3H3. The zero-order valence-electron chi connectivity index (χ0n) is 9.10. The fourth-order valence-electron chi connectivity index (χ4n) is 1.07. The van der Waals surface area contributed by atoms with Gasteiger partial charge in [-0.1, -0.05) is 11.6 Å². The van der Waals surface area contributed by atoms with Gasteiger partial charge in [0, 0.05) is 7.05 Å². The molecule has 0 bridgehead atoms. The van der Waals surface area contributed by atoms with Crippen LogP contribution >= 0.6 is 11.6 Å². The van der Waals surface area contributed by atoms with Gasteiger partial charge in [-0.15, -0.1) is 5.10 Å². The summed E-state index contributed by atoms with van der Waals surface area (Å²) < 4.78 is 6.84. The summed E-state index contributed by atoms with van der Waals surface area (Å²) in [6, 6.07) is 0.196. The van der Waals surface area contributed by atoms with Crippen molar-refractivity contribution in [3.05, 3.63) is 22.9 Å². The van der Waals surface area contributed by atoms with Gasteiger partial charge in [0.25, 0.3) is 5.88 Å². The third-order valence-corrected chi connectivity index (χ3v) is 2.25. The smallest absolute Gasteiger partial charge is 0.342 e. The highest BCUT2D eigenvalue weighted by atomic mass is 35.5. The normalized spacial score (nSPS) is 10.5. The van der Waals surface area contributed by atoms with Crippen LogP contribution in [-0.2, 0) is 7.05 Å². The Morgan fingerprint density at radius 2 is 1.94 bits per heavy atom. The Morgan fingerprint density at radius 3 is 2.56 bits per heavy atom. The Morgan fingerprint density at radius 1 is 1.25 bits per heavy atom. The third kappa shape index (κ3) is 2.11. The second-order valence-corrected chi connectivity index (χ2v) is 3.65. The van der Waals surface area contributed by atoms with Gasteiger partial charge in [0.15, 0.2) is 5.15 Å². The lowest BCUT2D eigenvalue weighted by Crippen LogP contribution is -1.98. The number of halogens is 1. The first-order valence-electron chi connectivity index (χ1n) is 4.60. The summed E-state index contributed by atoms with van der Waals surface area (Å²) >= 11 is 5.90. The van der Waals surface area contributed by atoms with Crippen LogP contribution in [0.5, 0.6) is 11.9 Å². The van der Waals surface area contributed by atoms with Crippen molar-refractivity contribution in [3.8, 4) is 11.9 Å². The molecule has 0 N–H and O–H groups in total. The first-order valence-corrected chi connectivity index (χ1v) is 4.98. The fourth-order valence-corrected chi connectivity index (χ4v) is 1.28. The van der Waals surface area contributed by atoms with Gasteiger partial charge >= 0.3 is 6.01 Å². The quantitative estimate of drug-likeness (QED) is 0.798. The monoisotopic (exact) mass is 239 g/mol. The van der Waals surface area contributed by atoms with Crippen LogP contribution in [0.25, 0.3) is 0 Å². The summed E-state index contributed by atoms with van der Waals surface area (Å²) in [4.78, 5) is 12.2. The van der Waals surface area contributed by atoms with Crippen LogP contribution in [0, 0.1) is 13.8 Å². The minimum absolute atomic E-state index is 0.196. The molecule has 6 nitrogen and oxygen atoms in total. The first-order chi connectivity index (χ1) is 7.56. The molecule has 0 fully saturated rings. The van der Waals surface area contributed by atoms with Gasteiger partial charge in [0.1, 0.15) is 6.33 Å². The van der Waals surface area contributed by atoms with Crippen molar-refractivity contribution in [2.45, 2.75) is 13.8 Å². The molecular weight excluding hydrogens is 230 g/mol. The van der Waals surface area contributed by atoms with Crippen molar-refractivity contribution in [2.24, 2.45) is 7.05 Å². The Labute approximate surface area is 97.3 Å². The summed E-state index contributed by atoms with van der Waals surface area (Å²) in [7, 11) is 1.74. The van der Waals surface area contributed by atoms with Crippen molar-refractivity contribution in [1.82, 2.24) is 24.7 Å². The van der Waals surface area contributed by atoms with E-state index in [-0.39, 0.29) is 17.0 Å². The summed E-state index contributed by atoms with van der Waals surface area (Å²) in [6.07, 6.45) is 1.53. The highest BCUT2D eigenvalue weighted by Crippen LogP contribution is 2.24. The minimum Gasteiger partial charge on any atom is -0.401 e. The molecule has 84 valence electrons. The van der Waals surface area contributed by atoms with Gasteiger partial charge < -0.3 is 4.74 Å². The first kappa shape index (κ1) is 10.8. The van der Waals surface area contributed by atoms with Gasteiger partial charge in [-0.05, 0) is 13.8 Å². The Bertz CT molecular complexity index is 525. The van der Waals surface area contributed by atoms with Gasteiger partial charge in [0.2, 0.25) is 0 Å². The van der Waals surface area contributed by atoms with Crippen LogP contribution in [0.3, 0.4) is 0 Å². The summed E-state index contributed by atoms with van der Waals surface area (Å²) in [6.45, 7) is 3.66. The molecule has 0 amide bonds. The SMILES string of the molecule is Cc1nc(Cl)c(Oc2ncn(C)n2)nc1C.